The number of aliphatic hydroxyl groups is 1. The van der Waals surface area contributed by atoms with E-state index in [1.54, 1.807) is 24.3 Å². The zero-order chi connectivity index (χ0) is 15.6. The Kier molecular flexibility index (Phi) is 4.47. The van der Waals surface area contributed by atoms with Crippen LogP contribution in [0.1, 0.15) is 30.6 Å². The zero-order valence-corrected chi connectivity index (χ0v) is 12.0. The molecule has 1 aromatic carbocycles. The van der Waals surface area contributed by atoms with Crippen molar-refractivity contribution in [1.29, 1.82) is 0 Å². The number of carbonyl (C=O) groups excluding carboxylic acids is 1. The predicted octanol–water partition coefficient (Wildman–Crippen LogP) is 1.13. The van der Waals surface area contributed by atoms with Crippen LogP contribution >= 0.6 is 0 Å². The molecule has 1 saturated heterocycles. The highest BCUT2D eigenvalue weighted by molar-refractivity contribution is 5.97. The van der Waals surface area contributed by atoms with E-state index in [0.29, 0.717) is 11.3 Å². The molecule has 0 spiro atoms. The van der Waals surface area contributed by atoms with Crippen LogP contribution in [0.25, 0.3) is 0 Å². The van der Waals surface area contributed by atoms with Gasteiger partial charge >= 0.3 is 5.97 Å². The molecule has 0 aliphatic carbocycles. The molecule has 0 saturated carbocycles. The van der Waals surface area contributed by atoms with Gasteiger partial charge in [-0.1, -0.05) is 6.07 Å². The Hall–Kier alpha value is -2.08. The maximum Gasteiger partial charge on any atom is 0.326 e. The molecule has 0 aromatic heterocycles. The first-order valence-electron chi connectivity index (χ1n) is 6.87. The molecule has 1 aliphatic rings. The molecule has 1 fully saturated rings. The Balaban J connectivity index is 2.21. The lowest BCUT2D eigenvalue weighted by Gasteiger charge is -2.21. The predicted molar refractivity (Wildman–Crippen MR) is 75.3 cm³/mol. The number of carboxylic acids is 1. The molecule has 1 aliphatic heterocycles. The summed E-state index contributed by atoms with van der Waals surface area (Å²) in [7, 11) is 0. The molecule has 2 N–H and O–H groups in total. The van der Waals surface area contributed by atoms with Crippen molar-refractivity contribution in [2.24, 2.45) is 0 Å². The summed E-state index contributed by atoms with van der Waals surface area (Å²) in [5, 5.41) is 18.7. The van der Waals surface area contributed by atoms with Gasteiger partial charge < -0.3 is 19.8 Å². The number of aliphatic hydroxyl groups excluding tert-OH is 1. The molecule has 2 rings (SSSR count). The van der Waals surface area contributed by atoms with Crippen LogP contribution < -0.4 is 4.74 Å². The summed E-state index contributed by atoms with van der Waals surface area (Å²) in [6.07, 6.45) is -0.760. The molecule has 6 heteroatoms. The van der Waals surface area contributed by atoms with Gasteiger partial charge in [-0.2, -0.15) is 0 Å². The number of amides is 1. The van der Waals surface area contributed by atoms with Crippen molar-refractivity contribution < 1.29 is 24.5 Å². The third-order valence-corrected chi connectivity index (χ3v) is 3.28. The number of carbonyl (C=O) groups is 2. The molecule has 114 valence electrons. The second-order valence-electron chi connectivity index (χ2n) is 5.40. The summed E-state index contributed by atoms with van der Waals surface area (Å²) in [6, 6.07) is 5.64. The lowest BCUT2D eigenvalue weighted by Crippen LogP contribution is -2.40. The minimum Gasteiger partial charge on any atom is -0.491 e. The maximum atomic E-state index is 12.4. The second-order valence-corrected chi connectivity index (χ2v) is 5.40. The van der Waals surface area contributed by atoms with Crippen LogP contribution in [0.4, 0.5) is 0 Å². The van der Waals surface area contributed by atoms with Crippen LogP contribution in [0.3, 0.4) is 0 Å². The fourth-order valence-corrected chi connectivity index (χ4v) is 2.41. The number of hydrogen-bond acceptors (Lipinski definition) is 4. The number of nitrogens with zero attached hydrogens (tertiary/aromatic N) is 1. The van der Waals surface area contributed by atoms with Gasteiger partial charge in [-0.05, 0) is 32.0 Å². The van der Waals surface area contributed by atoms with Crippen LogP contribution in [0.15, 0.2) is 24.3 Å². The van der Waals surface area contributed by atoms with Gasteiger partial charge in [-0.15, -0.1) is 0 Å². The van der Waals surface area contributed by atoms with E-state index in [9.17, 15) is 14.7 Å². The fraction of sp³-hybridized carbons (Fsp3) is 0.467. The van der Waals surface area contributed by atoms with Crippen LogP contribution in [0, 0.1) is 0 Å². The molecule has 6 nitrogen and oxygen atoms in total. The molecule has 0 unspecified atom stereocenters. The first-order chi connectivity index (χ1) is 9.88. The first kappa shape index (κ1) is 15.3. The molecule has 1 amide bonds. The Labute approximate surface area is 122 Å². The topological polar surface area (TPSA) is 87.1 Å². The van der Waals surface area contributed by atoms with Crippen LogP contribution in [0.5, 0.6) is 5.75 Å². The summed E-state index contributed by atoms with van der Waals surface area (Å²) >= 11 is 0. The average molecular weight is 293 g/mol. The van der Waals surface area contributed by atoms with E-state index in [1.165, 1.54) is 4.90 Å². The molecule has 1 heterocycles. The summed E-state index contributed by atoms with van der Waals surface area (Å²) in [5.41, 5.74) is 0.355. The smallest absolute Gasteiger partial charge is 0.326 e. The fourth-order valence-electron chi connectivity index (χ4n) is 2.41. The van der Waals surface area contributed by atoms with Crippen molar-refractivity contribution >= 4 is 11.9 Å². The standard InChI is InChI=1S/C15H19NO5/c1-9(2)21-12-5-3-4-10(6-12)14(18)16-8-11(17)7-13(16)15(19)20/h3-6,9,11,13,17H,7-8H2,1-2H3,(H,19,20)/t11-,13-/m0/s1. The number of carboxylic acid groups (broad SMARTS) is 1. The highest BCUT2D eigenvalue weighted by atomic mass is 16.5. The number of rotatable bonds is 4. The minimum atomic E-state index is -1.10. The molecule has 0 radical (unpaired) electrons. The number of benzene rings is 1. The third kappa shape index (κ3) is 3.52. The molecular weight excluding hydrogens is 274 g/mol. The van der Waals surface area contributed by atoms with Crippen molar-refractivity contribution in [1.82, 2.24) is 4.90 Å². The average Bonchev–Trinajstić information content (AvgIpc) is 2.80. The normalized spacial score (nSPS) is 21.6. The second kappa shape index (κ2) is 6.13. The van der Waals surface area contributed by atoms with Crippen molar-refractivity contribution in [3.05, 3.63) is 29.8 Å². The van der Waals surface area contributed by atoms with Gasteiger partial charge in [0.05, 0.1) is 12.2 Å². The Bertz CT molecular complexity index is 543. The van der Waals surface area contributed by atoms with Gasteiger partial charge in [0.2, 0.25) is 0 Å². The highest BCUT2D eigenvalue weighted by Gasteiger charge is 2.39. The number of hydrogen-bond donors (Lipinski definition) is 2. The van der Waals surface area contributed by atoms with Crippen molar-refractivity contribution in [2.75, 3.05) is 6.54 Å². The number of β-amino-alcohol motifs (C(OH)–C–C–N with tert-alkyl or cyclic N) is 1. The molecule has 1 aromatic rings. The number of likely N-dealkylation sites (tertiary alicyclic amines) is 1. The summed E-state index contributed by atoms with van der Waals surface area (Å²) in [4.78, 5) is 24.8. The Morgan fingerprint density at radius 1 is 1.38 bits per heavy atom. The van der Waals surface area contributed by atoms with E-state index in [-0.39, 0.29) is 19.1 Å². The van der Waals surface area contributed by atoms with Gasteiger partial charge in [0.15, 0.2) is 0 Å². The Morgan fingerprint density at radius 3 is 2.71 bits per heavy atom. The van der Waals surface area contributed by atoms with Gasteiger partial charge in [-0.3, -0.25) is 4.79 Å². The molecular formula is C15H19NO5. The molecule has 21 heavy (non-hydrogen) atoms. The van der Waals surface area contributed by atoms with Gasteiger partial charge in [-0.25, -0.2) is 4.79 Å². The molecule has 0 bridgehead atoms. The lowest BCUT2D eigenvalue weighted by molar-refractivity contribution is -0.141. The number of aliphatic carboxylic acids is 1. The lowest BCUT2D eigenvalue weighted by atomic mass is 10.1. The third-order valence-electron chi connectivity index (χ3n) is 3.28. The SMILES string of the molecule is CC(C)Oc1cccc(C(=O)N2C[C@@H](O)C[C@H]2C(=O)O)c1. The van der Waals surface area contributed by atoms with Crippen molar-refractivity contribution in [3.63, 3.8) is 0 Å². The van der Waals surface area contributed by atoms with Crippen molar-refractivity contribution in [2.45, 2.75) is 38.5 Å². The van der Waals surface area contributed by atoms with Crippen LogP contribution in [-0.4, -0.2) is 51.8 Å². The van der Waals surface area contributed by atoms with E-state index < -0.39 is 24.0 Å². The van der Waals surface area contributed by atoms with E-state index in [0.717, 1.165) is 0 Å². The maximum absolute atomic E-state index is 12.4. The van der Waals surface area contributed by atoms with Gasteiger partial charge in [0.1, 0.15) is 11.8 Å². The largest absolute Gasteiger partial charge is 0.491 e. The van der Waals surface area contributed by atoms with Crippen molar-refractivity contribution in [3.8, 4) is 5.75 Å². The van der Waals surface area contributed by atoms with Crippen LogP contribution in [-0.2, 0) is 4.79 Å². The van der Waals surface area contributed by atoms with Gasteiger partial charge in [0, 0.05) is 18.5 Å². The van der Waals surface area contributed by atoms with E-state index in [2.05, 4.69) is 0 Å². The number of ether oxygens (including phenoxy) is 1. The summed E-state index contributed by atoms with van der Waals surface area (Å²) in [6.45, 7) is 3.79. The van der Waals surface area contributed by atoms with Gasteiger partial charge in [0.25, 0.3) is 5.91 Å². The quantitative estimate of drug-likeness (QED) is 0.869. The minimum absolute atomic E-state index is 0.0178. The molecule has 2 atom stereocenters. The first-order valence-corrected chi connectivity index (χ1v) is 6.87. The van der Waals surface area contributed by atoms with E-state index in [4.69, 9.17) is 9.84 Å². The highest BCUT2D eigenvalue weighted by Crippen LogP contribution is 2.23. The Morgan fingerprint density at radius 2 is 2.10 bits per heavy atom. The van der Waals surface area contributed by atoms with E-state index >= 15 is 0 Å². The van der Waals surface area contributed by atoms with Crippen LogP contribution in [0.2, 0.25) is 0 Å². The van der Waals surface area contributed by atoms with E-state index in [1.807, 2.05) is 13.8 Å². The zero-order valence-electron chi connectivity index (χ0n) is 12.0. The monoisotopic (exact) mass is 293 g/mol. The summed E-state index contributed by atoms with van der Waals surface area (Å²) < 4.78 is 5.53. The summed E-state index contributed by atoms with van der Waals surface area (Å²) in [5.74, 6) is -0.954.